The molecule has 4 aromatic rings. The molecule has 1 aromatic heterocycles. The third-order valence-electron chi connectivity index (χ3n) is 7.18. The molecule has 3 aromatic carbocycles. The molecule has 0 saturated carbocycles. The summed E-state index contributed by atoms with van der Waals surface area (Å²) in [5, 5.41) is 45.0. The number of aliphatic hydroxyl groups is 3. The average Bonchev–Trinajstić information content (AvgIpc) is 2.85. The van der Waals surface area contributed by atoms with Crippen LogP contribution in [0.2, 0.25) is 0 Å². The van der Waals surface area contributed by atoms with Gasteiger partial charge < -0.3 is 39.1 Å². The van der Waals surface area contributed by atoms with Crippen LogP contribution in [0.3, 0.4) is 0 Å². The molecule has 1 aliphatic heterocycles. The number of methoxy groups -OCH3 is 2. The van der Waals surface area contributed by atoms with Gasteiger partial charge in [0.2, 0.25) is 0 Å². The Bertz CT molecular complexity index is 1570. The first-order valence-electron chi connectivity index (χ1n) is 11.5. The summed E-state index contributed by atoms with van der Waals surface area (Å²) in [6.07, 6.45) is -4.84. The van der Waals surface area contributed by atoms with Crippen LogP contribution in [-0.4, -0.2) is 58.6 Å². The zero-order chi connectivity index (χ0) is 26.1. The number of aromatic hydroxyl groups is 1. The van der Waals surface area contributed by atoms with Gasteiger partial charge in [0, 0.05) is 16.2 Å². The Labute approximate surface area is 206 Å². The summed E-state index contributed by atoms with van der Waals surface area (Å²) in [6, 6.07) is 8.11. The molecule has 0 amide bonds. The number of rotatable bonds is 3. The molecule has 190 valence electrons. The summed E-state index contributed by atoms with van der Waals surface area (Å²) in [4.78, 5) is 13.2. The van der Waals surface area contributed by atoms with Gasteiger partial charge in [-0.3, -0.25) is 0 Å². The quantitative estimate of drug-likeness (QED) is 0.249. The molecule has 5 unspecified atom stereocenters. The Balaban J connectivity index is 1.97. The number of aliphatic hydroxyl groups excluding tert-OH is 2. The van der Waals surface area contributed by atoms with Crippen LogP contribution in [0.1, 0.15) is 31.1 Å². The predicted octanol–water partition coefficient (Wildman–Crippen LogP) is 3.06. The van der Waals surface area contributed by atoms with Gasteiger partial charge in [-0.2, -0.15) is 0 Å². The minimum Gasteiger partial charge on any atom is -0.507 e. The monoisotopic (exact) mass is 496 g/mol. The first kappa shape index (κ1) is 24.3. The number of phenolic OH excluding ortho intramolecular Hbond substituents is 1. The summed E-state index contributed by atoms with van der Waals surface area (Å²) in [6.45, 7) is 4.75. The molecule has 0 bridgehead atoms. The molecule has 0 spiro atoms. The zero-order valence-electron chi connectivity index (χ0n) is 20.5. The normalized spacial score (nSPS) is 26.6. The molecule has 2 heterocycles. The standard InChI is InChI=1S/C27H28O9/c1-11-8-15-19(17(9-11)33-4)14-10-18(34-5)21-16(28)7-6-13(20(21)22(14)36-26(15)31)23-25(30)27(3,32)24(29)12(2)35-23/h6-10,12,23-25,28-30,32H,1-5H3. The van der Waals surface area contributed by atoms with Gasteiger partial charge in [0.1, 0.15) is 46.7 Å². The van der Waals surface area contributed by atoms with Gasteiger partial charge in [-0.15, -0.1) is 0 Å². The fourth-order valence-corrected chi connectivity index (χ4v) is 5.28. The second-order valence-corrected chi connectivity index (χ2v) is 9.54. The topological polar surface area (TPSA) is 139 Å². The minimum atomic E-state index is -1.89. The number of ether oxygens (including phenoxy) is 3. The second-order valence-electron chi connectivity index (χ2n) is 9.54. The van der Waals surface area contributed by atoms with Gasteiger partial charge in [-0.05, 0) is 56.2 Å². The molecule has 5 rings (SSSR count). The van der Waals surface area contributed by atoms with E-state index in [4.69, 9.17) is 18.6 Å². The van der Waals surface area contributed by atoms with Crippen LogP contribution < -0.4 is 15.1 Å². The Morgan fingerprint density at radius 3 is 2.28 bits per heavy atom. The van der Waals surface area contributed by atoms with Crippen LogP contribution in [0.5, 0.6) is 17.2 Å². The zero-order valence-corrected chi connectivity index (χ0v) is 20.5. The van der Waals surface area contributed by atoms with Crippen LogP contribution in [0.25, 0.3) is 32.5 Å². The molecular weight excluding hydrogens is 468 g/mol. The van der Waals surface area contributed by atoms with Gasteiger partial charge in [0.05, 0.1) is 31.1 Å². The van der Waals surface area contributed by atoms with E-state index in [0.29, 0.717) is 33.2 Å². The second kappa shape index (κ2) is 8.35. The molecule has 0 radical (unpaired) electrons. The summed E-state index contributed by atoms with van der Waals surface area (Å²) >= 11 is 0. The molecule has 1 saturated heterocycles. The van der Waals surface area contributed by atoms with Crippen LogP contribution in [0.15, 0.2) is 39.5 Å². The predicted molar refractivity (Wildman–Crippen MR) is 133 cm³/mol. The van der Waals surface area contributed by atoms with Crippen LogP contribution in [0.4, 0.5) is 0 Å². The largest absolute Gasteiger partial charge is 0.507 e. The third kappa shape index (κ3) is 3.35. The Morgan fingerprint density at radius 2 is 1.61 bits per heavy atom. The fourth-order valence-electron chi connectivity index (χ4n) is 5.28. The molecule has 5 atom stereocenters. The molecule has 1 aliphatic rings. The maximum Gasteiger partial charge on any atom is 0.344 e. The van der Waals surface area contributed by atoms with E-state index in [9.17, 15) is 25.2 Å². The van der Waals surface area contributed by atoms with Crippen molar-refractivity contribution in [2.24, 2.45) is 0 Å². The van der Waals surface area contributed by atoms with Crippen LogP contribution >= 0.6 is 0 Å². The number of fused-ring (bicyclic) bond motifs is 5. The molecular formula is C27H28O9. The number of aryl methyl sites for hydroxylation is 1. The smallest absolute Gasteiger partial charge is 0.344 e. The highest BCUT2D eigenvalue weighted by atomic mass is 16.5. The maximum atomic E-state index is 13.2. The Morgan fingerprint density at radius 1 is 0.944 bits per heavy atom. The maximum absolute atomic E-state index is 13.2. The SMILES string of the molecule is COc1cc2c(oc(=O)c3cc(C)cc(OC)c32)c2c(C3OC(C)C(O)C(C)(O)C3O)ccc(O)c12. The summed E-state index contributed by atoms with van der Waals surface area (Å²) in [5.41, 5.74) is -1.22. The van der Waals surface area contributed by atoms with Gasteiger partial charge in [-0.1, -0.05) is 6.07 Å². The van der Waals surface area contributed by atoms with Crippen molar-refractivity contribution in [3.63, 3.8) is 0 Å². The van der Waals surface area contributed by atoms with E-state index in [2.05, 4.69) is 0 Å². The van der Waals surface area contributed by atoms with Crippen molar-refractivity contribution in [2.45, 2.75) is 50.8 Å². The van der Waals surface area contributed by atoms with E-state index in [1.54, 1.807) is 25.1 Å². The van der Waals surface area contributed by atoms with Crippen LogP contribution in [0, 0.1) is 6.92 Å². The molecule has 0 aliphatic carbocycles. The first-order valence-corrected chi connectivity index (χ1v) is 11.5. The fraction of sp³-hybridized carbons (Fsp3) is 0.370. The van der Waals surface area contributed by atoms with Gasteiger partial charge in [0.15, 0.2) is 0 Å². The van der Waals surface area contributed by atoms with Gasteiger partial charge in [0.25, 0.3) is 0 Å². The lowest BCUT2D eigenvalue weighted by molar-refractivity contribution is -0.261. The Kier molecular flexibility index (Phi) is 5.64. The molecule has 9 heteroatoms. The number of hydrogen-bond donors (Lipinski definition) is 4. The van der Waals surface area contributed by atoms with E-state index >= 15 is 0 Å². The first-order chi connectivity index (χ1) is 17.0. The number of phenols is 1. The summed E-state index contributed by atoms with van der Waals surface area (Å²) in [7, 11) is 2.95. The van der Waals surface area contributed by atoms with Crippen molar-refractivity contribution in [3.05, 3.63) is 51.9 Å². The lowest BCUT2D eigenvalue weighted by Crippen LogP contribution is -2.61. The number of hydrogen-bond acceptors (Lipinski definition) is 9. The lowest BCUT2D eigenvalue weighted by Gasteiger charge is -2.46. The molecule has 36 heavy (non-hydrogen) atoms. The van der Waals surface area contributed by atoms with Gasteiger partial charge in [-0.25, -0.2) is 4.79 Å². The lowest BCUT2D eigenvalue weighted by atomic mass is 9.80. The molecule has 1 fully saturated rings. The van der Waals surface area contributed by atoms with E-state index in [1.165, 1.54) is 33.3 Å². The molecule has 9 nitrogen and oxygen atoms in total. The van der Waals surface area contributed by atoms with Crippen molar-refractivity contribution >= 4 is 32.5 Å². The van der Waals surface area contributed by atoms with Crippen molar-refractivity contribution in [2.75, 3.05) is 14.2 Å². The third-order valence-corrected chi connectivity index (χ3v) is 7.18. The van der Waals surface area contributed by atoms with Crippen molar-refractivity contribution in [1.82, 2.24) is 0 Å². The van der Waals surface area contributed by atoms with Gasteiger partial charge >= 0.3 is 5.63 Å². The van der Waals surface area contributed by atoms with E-state index < -0.39 is 35.6 Å². The molecule has 4 N–H and O–H groups in total. The highest BCUT2D eigenvalue weighted by Crippen LogP contribution is 2.48. The minimum absolute atomic E-state index is 0.130. The summed E-state index contributed by atoms with van der Waals surface area (Å²) < 4.78 is 23.0. The van der Waals surface area contributed by atoms with Crippen molar-refractivity contribution in [1.29, 1.82) is 0 Å². The van der Waals surface area contributed by atoms with Crippen molar-refractivity contribution < 1.29 is 39.1 Å². The number of benzene rings is 3. The van der Waals surface area contributed by atoms with E-state index in [0.717, 1.165) is 5.56 Å². The van der Waals surface area contributed by atoms with Crippen molar-refractivity contribution in [3.8, 4) is 17.2 Å². The highest BCUT2D eigenvalue weighted by molar-refractivity contribution is 6.19. The summed E-state index contributed by atoms with van der Waals surface area (Å²) in [5.74, 6) is 0.607. The van der Waals surface area contributed by atoms with E-state index in [-0.39, 0.29) is 22.1 Å². The Hall–Kier alpha value is -3.37. The average molecular weight is 497 g/mol. The highest BCUT2D eigenvalue weighted by Gasteiger charge is 2.51. The van der Waals surface area contributed by atoms with Crippen LogP contribution in [-0.2, 0) is 4.74 Å². The van der Waals surface area contributed by atoms with E-state index in [1.807, 2.05) is 6.92 Å².